The Morgan fingerprint density at radius 2 is 1.69 bits per heavy atom. The van der Waals surface area contributed by atoms with Crippen LogP contribution in [0, 0.1) is 6.92 Å². The molecule has 1 aromatic heterocycles. The van der Waals surface area contributed by atoms with Gasteiger partial charge in [-0.2, -0.15) is 0 Å². The summed E-state index contributed by atoms with van der Waals surface area (Å²) in [7, 11) is 0. The lowest BCUT2D eigenvalue weighted by Gasteiger charge is -2.07. The Kier molecular flexibility index (Phi) is 6.91. The van der Waals surface area contributed by atoms with Crippen LogP contribution in [0.1, 0.15) is 45.0 Å². The van der Waals surface area contributed by atoms with E-state index < -0.39 is 5.97 Å². The van der Waals surface area contributed by atoms with E-state index in [-0.39, 0.29) is 37.1 Å². The van der Waals surface area contributed by atoms with Gasteiger partial charge in [0.05, 0.1) is 25.2 Å². The molecule has 2 rings (SSSR count). The maximum Gasteiger partial charge on any atom is 0.341 e. The Balaban J connectivity index is 2.34. The van der Waals surface area contributed by atoms with Gasteiger partial charge >= 0.3 is 11.9 Å². The summed E-state index contributed by atoms with van der Waals surface area (Å²) in [6.07, 6.45) is 0.0396. The van der Waals surface area contributed by atoms with Gasteiger partial charge in [0.25, 0.3) is 5.91 Å². The van der Waals surface area contributed by atoms with Crippen molar-refractivity contribution in [3.63, 3.8) is 0 Å². The van der Waals surface area contributed by atoms with Gasteiger partial charge in [0.15, 0.2) is 0 Å². The molecule has 138 valence electrons. The Hall–Kier alpha value is -2.67. The van der Waals surface area contributed by atoms with Gasteiger partial charge in [0.1, 0.15) is 5.00 Å². The third kappa shape index (κ3) is 4.70. The number of thiophene rings is 1. The maximum absolute atomic E-state index is 12.4. The highest BCUT2D eigenvalue weighted by molar-refractivity contribution is 7.17. The predicted octanol–water partition coefficient (Wildman–Crippen LogP) is 3.59. The molecule has 7 heteroatoms. The fraction of sp³-hybridized carbons (Fsp3) is 0.316. The van der Waals surface area contributed by atoms with Crippen LogP contribution in [0.25, 0.3) is 0 Å². The molecule has 0 atom stereocenters. The third-order valence-electron chi connectivity index (χ3n) is 3.60. The molecule has 1 heterocycles. The fourth-order valence-electron chi connectivity index (χ4n) is 2.37. The summed E-state index contributed by atoms with van der Waals surface area (Å²) in [5.74, 6) is -1.24. The van der Waals surface area contributed by atoms with Crippen molar-refractivity contribution in [2.45, 2.75) is 27.2 Å². The number of amides is 1. The molecule has 0 saturated heterocycles. The van der Waals surface area contributed by atoms with Gasteiger partial charge in [-0.15, -0.1) is 11.3 Å². The van der Waals surface area contributed by atoms with Crippen molar-refractivity contribution >= 4 is 34.2 Å². The number of esters is 2. The number of hydrogen-bond donors (Lipinski definition) is 1. The zero-order chi connectivity index (χ0) is 19.1. The second-order valence-corrected chi connectivity index (χ2v) is 6.48. The van der Waals surface area contributed by atoms with Crippen molar-refractivity contribution in [2.24, 2.45) is 0 Å². The van der Waals surface area contributed by atoms with E-state index >= 15 is 0 Å². The summed E-state index contributed by atoms with van der Waals surface area (Å²) in [4.78, 5) is 37.3. The minimum atomic E-state index is -0.528. The molecule has 2 aromatic rings. The van der Waals surface area contributed by atoms with E-state index in [1.54, 1.807) is 45.0 Å². The number of hydrogen-bond acceptors (Lipinski definition) is 6. The topological polar surface area (TPSA) is 81.7 Å². The van der Waals surface area contributed by atoms with E-state index in [1.165, 1.54) is 11.3 Å². The van der Waals surface area contributed by atoms with Gasteiger partial charge < -0.3 is 14.8 Å². The molecule has 0 aliphatic carbocycles. The van der Waals surface area contributed by atoms with Crippen LogP contribution in [0.2, 0.25) is 0 Å². The quantitative estimate of drug-likeness (QED) is 0.748. The van der Waals surface area contributed by atoms with Crippen LogP contribution in [-0.4, -0.2) is 31.1 Å². The van der Waals surface area contributed by atoms with E-state index in [4.69, 9.17) is 9.47 Å². The molecule has 0 radical (unpaired) electrons. The van der Waals surface area contributed by atoms with Gasteiger partial charge in [0, 0.05) is 10.4 Å². The molecule has 0 aliphatic rings. The van der Waals surface area contributed by atoms with Gasteiger partial charge in [0.2, 0.25) is 0 Å². The first-order chi connectivity index (χ1) is 12.5. The number of carbonyl (C=O) groups excluding carboxylic acids is 3. The van der Waals surface area contributed by atoms with Crippen molar-refractivity contribution in [3.8, 4) is 0 Å². The second-order valence-electron chi connectivity index (χ2n) is 5.38. The SMILES string of the molecule is CCOC(=O)Cc1sc(NC(=O)c2ccccc2)c(C(=O)OCC)c1C. The van der Waals surface area contributed by atoms with E-state index in [0.29, 0.717) is 21.0 Å². The minimum absolute atomic E-state index is 0.0396. The third-order valence-corrected chi connectivity index (χ3v) is 4.81. The summed E-state index contributed by atoms with van der Waals surface area (Å²) in [5, 5.41) is 3.13. The summed E-state index contributed by atoms with van der Waals surface area (Å²) < 4.78 is 10.1. The van der Waals surface area contributed by atoms with Gasteiger partial charge in [-0.1, -0.05) is 18.2 Å². The standard InChI is InChI=1S/C19H21NO5S/c1-4-24-15(21)11-14-12(3)16(19(23)25-5-2)18(26-14)20-17(22)13-9-7-6-8-10-13/h6-10H,4-5,11H2,1-3H3,(H,20,22). The van der Waals surface area contributed by atoms with E-state index in [1.807, 2.05) is 6.07 Å². The van der Waals surface area contributed by atoms with Crippen LogP contribution < -0.4 is 5.32 Å². The smallest absolute Gasteiger partial charge is 0.341 e. The summed E-state index contributed by atoms with van der Waals surface area (Å²) in [6, 6.07) is 8.69. The van der Waals surface area contributed by atoms with Crippen molar-refractivity contribution in [2.75, 3.05) is 18.5 Å². The number of anilines is 1. The molecule has 0 bridgehead atoms. The summed E-state index contributed by atoms with van der Waals surface area (Å²) in [5.41, 5.74) is 1.37. The van der Waals surface area contributed by atoms with Gasteiger partial charge in [-0.05, 0) is 38.5 Å². The molecule has 1 amide bonds. The molecule has 1 N–H and O–H groups in total. The summed E-state index contributed by atoms with van der Waals surface area (Å²) in [6.45, 7) is 5.67. The highest BCUT2D eigenvalue weighted by atomic mass is 32.1. The maximum atomic E-state index is 12.4. The van der Waals surface area contributed by atoms with E-state index in [2.05, 4.69) is 5.32 Å². The van der Waals surface area contributed by atoms with Crippen LogP contribution in [0.15, 0.2) is 30.3 Å². The van der Waals surface area contributed by atoms with Crippen LogP contribution in [0.3, 0.4) is 0 Å². The number of rotatable bonds is 7. The first-order valence-electron chi connectivity index (χ1n) is 8.29. The number of nitrogens with one attached hydrogen (secondary N) is 1. The monoisotopic (exact) mass is 375 g/mol. The Labute approximate surface area is 156 Å². The molecule has 0 unspecified atom stereocenters. The zero-order valence-electron chi connectivity index (χ0n) is 15.0. The van der Waals surface area contributed by atoms with Crippen molar-refractivity contribution in [3.05, 3.63) is 51.9 Å². The molecular weight excluding hydrogens is 354 g/mol. The fourth-order valence-corrected chi connectivity index (χ4v) is 3.55. The number of benzene rings is 1. The predicted molar refractivity (Wildman–Crippen MR) is 99.7 cm³/mol. The number of carbonyl (C=O) groups is 3. The van der Waals surface area contributed by atoms with E-state index in [9.17, 15) is 14.4 Å². The molecule has 0 aliphatic heterocycles. The average molecular weight is 375 g/mol. The highest BCUT2D eigenvalue weighted by Gasteiger charge is 2.25. The zero-order valence-corrected chi connectivity index (χ0v) is 15.8. The van der Waals surface area contributed by atoms with Crippen molar-refractivity contribution < 1.29 is 23.9 Å². The Morgan fingerprint density at radius 3 is 2.31 bits per heavy atom. The Bertz CT molecular complexity index is 798. The lowest BCUT2D eigenvalue weighted by atomic mass is 10.1. The minimum Gasteiger partial charge on any atom is -0.466 e. The lowest BCUT2D eigenvalue weighted by molar-refractivity contribution is -0.142. The molecule has 0 fully saturated rings. The average Bonchev–Trinajstić information content (AvgIpc) is 2.91. The van der Waals surface area contributed by atoms with Crippen LogP contribution in [0.4, 0.5) is 5.00 Å². The van der Waals surface area contributed by atoms with Gasteiger partial charge in [-0.3, -0.25) is 9.59 Å². The van der Waals surface area contributed by atoms with E-state index in [0.717, 1.165) is 0 Å². The molecule has 26 heavy (non-hydrogen) atoms. The largest absolute Gasteiger partial charge is 0.466 e. The summed E-state index contributed by atoms with van der Waals surface area (Å²) >= 11 is 1.18. The molecular formula is C19H21NO5S. The van der Waals surface area contributed by atoms with Crippen LogP contribution >= 0.6 is 11.3 Å². The molecule has 0 spiro atoms. The lowest BCUT2D eigenvalue weighted by Crippen LogP contribution is -2.14. The van der Waals surface area contributed by atoms with Crippen molar-refractivity contribution in [1.29, 1.82) is 0 Å². The Morgan fingerprint density at radius 1 is 1.04 bits per heavy atom. The van der Waals surface area contributed by atoms with Gasteiger partial charge in [-0.25, -0.2) is 4.79 Å². The molecule has 1 aromatic carbocycles. The van der Waals surface area contributed by atoms with Crippen LogP contribution in [0.5, 0.6) is 0 Å². The highest BCUT2D eigenvalue weighted by Crippen LogP contribution is 2.34. The molecule has 6 nitrogen and oxygen atoms in total. The first kappa shape index (κ1) is 19.7. The van der Waals surface area contributed by atoms with Crippen molar-refractivity contribution in [1.82, 2.24) is 0 Å². The molecule has 0 saturated carbocycles. The normalized spacial score (nSPS) is 10.3. The number of ether oxygens (including phenoxy) is 2. The van der Waals surface area contributed by atoms with Crippen LogP contribution in [-0.2, 0) is 20.7 Å². The first-order valence-corrected chi connectivity index (χ1v) is 9.10. The second kappa shape index (κ2) is 9.15.